The molecule has 2 N–H and O–H groups in total. The van der Waals surface area contributed by atoms with Crippen molar-refractivity contribution >= 4 is 17.9 Å². The molecule has 7 nitrogen and oxygen atoms in total. The van der Waals surface area contributed by atoms with Gasteiger partial charge >= 0.3 is 6.09 Å². The van der Waals surface area contributed by atoms with Crippen LogP contribution in [0.5, 0.6) is 0 Å². The Morgan fingerprint density at radius 2 is 2.04 bits per heavy atom. The molecular formula is C19H25N3O4. The molecule has 0 bridgehead atoms. The Bertz CT molecular complexity index is 649. The fourth-order valence-electron chi connectivity index (χ4n) is 3.40. The molecule has 2 aliphatic heterocycles. The highest BCUT2D eigenvalue weighted by atomic mass is 16.6. The third-order valence-corrected chi connectivity index (χ3v) is 4.87. The van der Waals surface area contributed by atoms with Crippen molar-refractivity contribution in [3.63, 3.8) is 0 Å². The van der Waals surface area contributed by atoms with Gasteiger partial charge in [0, 0.05) is 32.0 Å². The molecule has 2 fully saturated rings. The molecule has 2 aliphatic rings. The molecule has 0 saturated carbocycles. The molecular weight excluding hydrogens is 334 g/mol. The van der Waals surface area contributed by atoms with Gasteiger partial charge in [-0.05, 0) is 24.8 Å². The van der Waals surface area contributed by atoms with Crippen LogP contribution in [-0.4, -0.2) is 48.5 Å². The van der Waals surface area contributed by atoms with Crippen LogP contribution in [0.15, 0.2) is 30.3 Å². The number of nitrogens with zero attached hydrogens (tertiary/aromatic N) is 1. The van der Waals surface area contributed by atoms with E-state index in [1.165, 1.54) is 4.90 Å². The van der Waals surface area contributed by atoms with Crippen LogP contribution in [0.3, 0.4) is 0 Å². The molecule has 0 aromatic heterocycles. The summed E-state index contributed by atoms with van der Waals surface area (Å²) < 4.78 is 5.39. The fourth-order valence-corrected chi connectivity index (χ4v) is 3.40. The third kappa shape index (κ3) is 4.74. The number of hydrogen-bond acceptors (Lipinski definition) is 4. The van der Waals surface area contributed by atoms with E-state index in [-0.39, 0.29) is 24.3 Å². The van der Waals surface area contributed by atoms with E-state index >= 15 is 0 Å². The molecule has 3 amide bonds. The number of likely N-dealkylation sites (tertiary alicyclic amines) is 1. The first-order valence-electron chi connectivity index (χ1n) is 9.15. The van der Waals surface area contributed by atoms with E-state index in [0.717, 1.165) is 18.4 Å². The van der Waals surface area contributed by atoms with E-state index in [2.05, 4.69) is 10.6 Å². The number of ether oxygens (including phenoxy) is 1. The lowest BCUT2D eigenvalue weighted by Gasteiger charge is -2.34. The first kappa shape index (κ1) is 18.2. The van der Waals surface area contributed by atoms with Crippen molar-refractivity contribution in [2.45, 2.75) is 38.3 Å². The van der Waals surface area contributed by atoms with Crippen molar-refractivity contribution in [2.24, 2.45) is 5.92 Å². The number of rotatable bonds is 5. The summed E-state index contributed by atoms with van der Waals surface area (Å²) in [4.78, 5) is 37.8. The van der Waals surface area contributed by atoms with E-state index in [0.29, 0.717) is 32.5 Å². The molecule has 26 heavy (non-hydrogen) atoms. The monoisotopic (exact) mass is 359 g/mol. The van der Waals surface area contributed by atoms with E-state index in [1.54, 1.807) is 0 Å². The molecule has 1 aromatic carbocycles. The summed E-state index contributed by atoms with van der Waals surface area (Å²) >= 11 is 0. The second-order valence-electron chi connectivity index (χ2n) is 6.86. The molecule has 2 saturated heterocycles. The summed E-state index contributed by atoms with van der Waals surface area (Å²) in [6.07, 6.45) is 2.39. The van der Waals surface area contributed by atoms with E-state index in [4.69, 9.17) is 4.74 Å². The van der Waals surface area contributed by atoms with Gasteiger partial charge in [0.1, 0.15) is 12.6 Å². The van der Waals surface area contributed by atoms with E-state index in [1.807, 2.05) is 30.3 Å². The maximum absolute atomic E-state index is 12.6. The lowest BCUT2D eigenvalue weighted by molar-refractivity contribution is -0.127. The topological polar surface area (TPSA) is 87.7 Å². The number of nitrogens with one attached hydrogen (secondary N) is 2. The maximum Gasteiger partial charge on any atom is 0.410 e. The average molecular weight is 359 g/mol. The normalized spacial score (nSPS) is 22.6. The standard InChI is InChI=1S/C19H25N3O4/c23-17-10-15(11-20-17)12-21-18(24)16-8-4-5-9-22(16)19(25)26-13-14-6-2-1-3-7-14/h1-3,6-7,15-16H,4-5,8-13H2,(H,20,23)(H,21,24). The summed E-state index contributed by atoms with van der Waals surface area (Å²) in [5.41, 5.74) is 0.914. The number of amides is 3. The Balaban J connectivity index is 1.51. The van der Waals surface area contributed by atoms with Crippen LogP contribution in [0.25, 0.3) is 0 Å². The van der Waals surface area contributed by atoms with Crippen molar-refractivity contribution in [3.8, 4) is 0 Å². The second-order valence-corrected chi connectivity index (χ2v) is 6.86. The van der Waals surface area contributed by atoms with Gasteiger partial charge in [0.25, 0.3) is 0 Å². The highest BCUT2D eigenvalue weighted by Crippen LogP contribution is 2.19. The van der Waals surface area contributed by atoms with E-state index < -0.39 is 12.1 Å². The molecule has 0 aliphatic carbocycles. The first-order chi connectivity index (χ1) is 12.6. The minimum Gasteiger partial charge on any atom is -0.445 e. The average Bonchev–Trinajstić information content (AvgIpc) is 3.10. The SMILES string of the molecule is O=C1CC(CNC(=O)C2CCCCN2C(=O)OCc2ccccc2)CN1. The largest absolute Gasteiger partial charge is 0.445 e. The lowest BCUT2D eigenvalue weighted by Crippen LogP contribution is -2.52. The third-order valence-electron chi connectivity index (χ3n) is 4.87. The van der Waals surface area contributed by atoms with E-state index in [9.17, 15) is 14.4 Å². The highest BCUT2D eigenvalue weighted by Gasteiger charge is 2.33. The molecule has 2 atom stereocenters. The van der Waals surface area contributed by atoms with Gasteiger partial charge in [-0.2, -0.15) is 0 Å². The van der Waals surface area contributed by atoms with Gasteiger partial charge in [-0.1, -0.05) is 30.3 Å². The summed E-state index contributed by atoms with van der Waals surface area (Å²) in [6.45, 7) is 1.75. The lowest BCUT2D eigenvalue weighted by atomic mass is 10.0. The number of hydrogen-bond donors (Lipinski definition) is 2. The molecule has 7 heteroatoms. The fraction of sp³-hybridized carbons (Fsp3) is 0.526. The Morgan fingerprint density at radius 3 is 2.77 bits per heavy atom. The predicted octanol–water partition coefficient (Wildman–Crippen LogP) is 1.43. The molecule has 2 unspecified atom stereocenters. The molecule has 0 radical (unpaired) electrons. The number of carbonyl (C=O) groups is 3. The first-order valence-corrected chi connectivity index (χ1v) is 9.15. The number of piperidine rings is 1. The minimum atomic E-state index is -0.503. The van der Waals surface area contributed by atoms with Crippen LogP contribution in [0.1, 0.15) is 31.2 Å². The highest BCUT2D eigenvalue weighted by molar-refractivity contribution is 5.86. The van der Waals surface area contributed by atoms with Crippen molar-refractivity contribution in [3.05, 3.63) is 35.9 Å². The summed E-state index contributed by atoms with van der Waals surface area (Å²) in [5, 5.41) is 5.65. The Hall–Kier alpha value is -2.57. The Labute approximate surface area is 153 Å². The maximum atomic E-state index is 12.6. The minimum absolute atomic E-state index is 0.0213. The zero-order valence-corrected chi connectivity index (χ0v) is 14.8. The molecule has 3 rings (SSSR count). The van der Waals surface area contributed by atoms with Crippen molar-refractivity contribution in [1.82, 2.24) is 15.5 Å². The van der Waals surface area contributed by atoms with Gasteiger partial charge in [0.05, 0.1) is 0 Å². The Morgan fingerprint density at radius 1 is 1.23 bits per heavy atom. The summed E-state index contributed by atoms with van der Waals surface area (Å²) in [5.74, 6) is -0.0257. The van der Waals surface area contributed by atoms with Crippen LogP contribution in [-0.2, 0) is 20.9 Å². The van der Waals surface area contributed by atoms with Gasteiger partial charge in [-0.3, -0.25) is 14.5 Å². The van der Waals surface area contributed by atoms with Crippen LogP contribution >= 0.6 is 0 Å². The molecule has 0 spiro atoms. The van der Waals surface area contributed by atoms with Gasteiger partial charge in [-0.15, -0.1) is 0 Å². The Kier molecular flexibility index (Phi) is 6.09. The van der Waals surface area contributed by atoms with Crippen LogP contribution in [0, 0.1) is 5.92 Å². The van der Waals surface area contributed by atoms with Crippen LogP contribution < -0.4 is 10.6 Å². The summed E-state index contributed by atoms with van der Waals surface area (Å²) in [7, 11) is 0. The molecule has 1 aromatic rings. The zero-order chi connectivity index (χ0) is 18.4. The molecule has 2 heterocycles. The number of carbonyl (C=O) groups excluding carboxylic acids is 3. The van der Waals surface area contributed by atoms with Crippen molar-refractivity contribution in [2.75, 3.05) is 19.6 Å². The van der Waals surface area contributed by atoms with Gasteiger partial charge < -0.3 is 15.4 Å². The second kappa shape index (κ2) is 8.69. The predicted molar refractivity (Wildman–Crippen MR) is 95.1 cm³/mol. The zero-order valence-electron chi connectivity index (χ0n) is 14.8. The smallest absolute Gasteiger partial charge is 0.410 e. The van der Waals surface area contributed by atoms with Crippen molar-refractivity contribution < 1.29 is 19.1 Å². The number of benzene rings is 1. The van der Waals surface area contributed by atoms with Crippen LogP contribution in [0.4, 0.5) is 4.79 Å². The summed E-state index contributed by atoms with van der Waals surface area (Å²) in [6, 6.07) is 8.97. The van der Waals surface area contributed by atoms with Gasteiger partial charge in [0.15, 0.2) is 0 Å². The van der Waals surface area contributed by atoms with Gasteiger partial charge in [-0.25, -0.2) is 4.79 Å². The quantitative estimate of drug-likeness (QED) is 0.833. The van der Waals surface area contributed by atoms with Gasteiger partial charge in [0.2, 0.25) is 11.8 Å². The van der Waals surface area contributed by atoms with Crippen molar-refractivity contribution in [1.29, 1.82) is 0 Å². The van der Waals surface area contributed by atoms with Crippen LogP contribution in [0.2, 0.25) is 0 Å². The molecule has 140 valence electrons.